The molecule has 0 aromatic carbocycles. The number of aliphatic carboxylic acids is 1. The third-order valence-electron chi connectivity index (χ3n) is 2.12. The van der Waals surface area contributed by atoms with Crippen molar-refractivity contribution in [2.24, 2.45) is 5.73 Å². The summed E-state index contributed by atoms with van der Waals surface area (Å²) in [5.74, 6) is -1.10. The van der Waals surface area contributed by atoms with E-state index in [4.69, 9.17) is 10.8 Å². The average molecular weight is 393 g/mol. The van der Waals surface area contributed by atoms with Crippen LogP contribution in [0.1, 0.15) is 11.7 Å². The van der Waals surface area contributed by atoms with Crippen molar-refractivity contribution >= 4 is 49.2 Å². The first kappa shape index (κ1) is 13.6. The van der Waals surface area contributed by atoms with Crippen LogP contribution in [-0.4, -0.2) is 21.0 Å². The van der Waals surface area contributed by atoms with Gasteiger partial charge in [-0.15, -0.1) is 11.3 Å². The van der Waals surface area contributed by atoms with E-state index < -0.39 is 12.0 Å². The molecule has 3 N–H and O–H groups in total. The zero-order chi connectivity index (χ0) is 13.3. The molecular formula is C10H7Br2N3O2S. The molecule has 0 bridgehead atoms. The molecule has 94 valence electrons. The van der Waals surface area contributed by atoms with Gasteiger partial charge in [0.25, 0.3) is 0 Å². The van der Waals surface area contributed by atoms with E-state index in [1.54, 1.807) is 11.6 Å². The largest absolute Gasteiger partial charge is 0.480 e. The highest BCUT2D eigenvalue weighted by atomic mass is 79.9. The first-order chi connectivity index (χ1) is 8.49. The number of pyridine rings is 1. The number of rotatable bonds is 3. The Labute approximate surface area is 123 Å². The molecule has 0 radical (unpaired) electrons. The molecule has 2 aromatic heterocycles. The van der Waals surface area contributed by atoms with Crippen LogP contribution >= 0.6 is 43.2 Å². The maximum absolute atomic E-state index is 10.8. The molecule has 0 saturated heterocycles. The highest BCUT2D eigenvalue weighted by Gasteiger charge is 2.19. The second kappa shape index (κ2) is 5.43. The van der Waals surface area contributed by atoms with E-state index in [9.17, 15) is 4.79 Å². The summed E-state index contributed by atoms with van der Waals surface area (Å²) < 4.78 is 1.62. The van der Waals surface area contributed by atoms with E-state index in [0.29, 0.717) is 16.4 Å². The summed E-state index contributed by atoms with van der Waals surface area (Å²) in [6, 6.07) is 0.741. The number of carboxylic acid groups (broad SMARTS) is 1. The molecule has 0 saturated carbocycles. The van der Waals surface area contributed by atoms with Crippen LogP contribution in [0, 0.1) is 0 Å². The Bertz CT molecular complexity index is 603. The van der Waals surface area contributed by atoms with Gasteiger partial charge >= 0.3 is 5.97 Å². The second-order valence-electron chi connectivity index (χ2n) is 3.38. The summed E-state index contributed by atoms with van der Waals surface area (Å²) in [7, 11) is 0. The third-order valence-corrected chi connectivity index (χ3v) is 4.02. The fraction of sp³-hybridized carbons (Fsp3) is 0.100. The molecule has 8 heteroatoms. The summed E-state index contributed by atoms with van der Waals surface area (Å²) in [5, 5.41) is 11.1. The molecule has 0 fully saturated rings. The van der Waals surface area contributed by atoms with Gasteiger partial charge in [0.15, 0.2) is 0 Å². The number of halogens is 2. The first-order valence-electron chi connectivity index (χ1n) is 4.74. The Kier molecular flexibility index (Phi) is 4.10. The lowest BCUT2D eigenvalue weighted by molar-refractivity contribution is -0.138. The van der Waals surface area contributed by atoms with Crippen LogP contribution in [0.25, 0.3) is 10.7 Å². The van der Waals surface area contributed by atoms with Crippen molar-refractivity contribution in [3.8, 4) is 10.7 Å². The third kappa shape index (κ3) is 2.77. The second-order valence-corrected chi connectivity index (χ2v) is 6.01. The Morgan fingerprint density at radius 2 is 2.22 bits per heavy atom. The van der Waals surface area contributed by atoms with Crippen molar-refractivity contribution in [3.63, 3.8) is 0 Å². The topological polar surface area (TPSA) is 89.1 Å². The molecule has 1 unspecified atom stereocenters. The minimum Gasteiger partial charge on any atom is -0.480 e. The van der Waals surface area contributed by atoms with Gasteiger partial charge in [-0.1, -0.05) is 0 Å². The van der Waals surface area contributed by atoms with E-state index in [1.165, 1.54) is 11.3 Å². The number of nitrogens with two attached hydrogens (primary N) is 1. The molecule has 18 heavy (non-hydrogen) atoms. The van der Waals surface area contributed by atoms with E-state index in [1.807, 2.05) is 6.07 Å². The number of nitrogens with zero attached hydrogens (tertiary/aromatic N) is 2. The number of carbonyl (C=O) groups is 1. The van der Waals surface area contributed by atoms with E-state index in [0.717, 1.165) is 8.95 Å². The van der Waals surface area contributed by atoms with Crippen molar-refractivity contribution in [2.75, 3.05) is 0 Å². The van der Waals surface area contributed by atoms with Gasteiger partial charge in [0.05, 0.1) is 5.69 Å². The highest BCUT2D eigenvalue weighted by molar-refractivity contribution is 9.11. The van der Waals surface area contributed by atoms with Crippen molar-refractivity contribution in [1.29, 1.82) is 0 Å². The summed E-state index contributed by atoms with van der Waals surface area (Å²) in [6.45, 7) is 0. The summed E-state index contributed by atoms with van der Waals surface area (Å²) in [5.41, 5.74) is 6.49. The van der Waals surface area contributed by atoms with E-state index in [2.05, 4.69) is 41.8 Å². The van der Waals surface area contributed by atoms with Gasteiger partial charge in [0.1, 0.15) is 16.7 Å². The lowest BCUT2D eigenvalue weighted by atomic mass is 10.2. The normalized spacial score (nSPS) is 12.4. The Balaban J connectivity index is 2.38. The molecule has 1 atom stereocenters. The monoisotopic (exact) mass is 391 g/mol. The molecular weight excluding hydrogens is 386 g/mol. The molecule has 2 heterocycles. The predicted molar refractivity (Wildman–Crippen MR) is 75.3 cm³/mol. The van der Waals surface area contributed by atoms with Crippen LogP contribution < -0.4 is 5.73 Å². The molecule has 0 amide bonds. The van der Waals surface area contributed by atoms with Crippen LogP contribution in [0.4, 0.5) is 0 Å². The minimum atomic E-state index is -1.11. The molecule has 0 spiro atoms. The maximum Gasteiger partial charge on any atom is 0.326 e. The standard InChI is InChI=1S/C10H7Br2N3O2S/c11-4-1-5(12)8(14-2-4)9-15-6(3-18-9)7(13)10(16)17/h1-3,7H,13H2,(H,16,17). The van der Waals surface area contributed by atoms with Crippen molar-refractivity contribution < 1.29 is 9.90 Å². The SMILES string of the molecule is NC(C(=O)O)c1csc(-c2ncc(Br)cc2Br)n1. The van der Waals surface area contributed by atoms with E-state index >= 15 is 0 Å². The van der Waals surface area contributed by atoms with E-state index in [-0.39, 0.29) is 0 Å². The quantitative estimate of drug-likeness (QED) is 0.838. The first-order valence-corrected chi connectivity index (χ1v) is 7.21. The van der Waals surface area contributed by atoms with Crippen LogP contribution in [0.2, 0.25) is 0 Å². The van der Waals surface area contributed by atoms with Gasteiger partial charge in [-0.25, -0.2) is 4.98 Å². The van der Waals surface area contributed by atoms with Crippen LogP contribution in [0.3, 0.4) is 0 Å². The van der Waals surface area contributed by atoms with Crippen molar-refractivity contribution in [1.82, 2.24) is 9.97 Å². The lowest BCUT2D eigenvalue weighted by Gasteiger charge is -2.02. The number of hydrogen-bond acceptors (Lipinski definition) is 5. The zero-order valence-electron chi connectivity index (χ0n) is 8.80. The Hall–Kier alpha value is -0.830. The zero-order valence-corrected chi connectivity index (χ0v) is 12.8. The van der Waals surface area contributed by atoms with Crippen LogP contribution in [0.15, 0.2) is 26.6 Å². The van der Waals surface area contributed by atoms with Gasteiger partial charge in [-0.05, 0) is 37.9 Å². The molecule has 0 aliphatic carbocycles. The van der Waals surface area contributed by atoms with Gasteiger partial charge in [0, 0.05) is 20.5 Å². The van der Waals surface area contributed by atoms with Gasteiger partial charge in [-0.3, -0.25) is 9.78 Å². The van der Waals surface area contributed by atoms with Crippen molar-refractivity contribution in [3.05, 3.63) is 32.3 Å². The van der Waals surface area contributed by atoms with Gasteiger partial charge < -0.3 is 10.8 Å². The molecule has 2 rings (SSSR count). The Morgan fingerprint density at radius 3 is 2.83 bits per heavy atom. The molecule has 2 aromatic rings. The lowest BCUT2D eigenvalue weighted by Crippen LogP contribution is -2.20. The molecule has 5 nitrogen and oxygen atoms in total. The van der Waals surface area contributed by atoms with Gasteiger partial charge in [0.2, 0.25) is 0 Å². The summed E-state index contributed by atoms with van der Waals surface area (Å²) in [4.78, 5) is 19.2. The summed E-state index contributed by atoms with van der Waals surface area (Å²) >= 11 is 8.00. The van der Waals surface area contributed by atoms with Gasteiger partial charge in [-0.2, -0.15) is 0 Å². The van der Waals surface area contributed by atoms with Crippen molar-refractivity contribution in [2.45, 2.75) is 6.04 Å². The number of carboxylic acids is 1. The maximum atomic E-state index is 10.8. The van der Waals surface area contributed by atoms with Crippen LogP contribution in [0.5, 0.6) is 0 Å². The smallest absolute Gasteiger partial charge is 0.326 e. The fourth-order valence-electron chi connectivity index (χ4n) is 1.24. The molecule has 0 aliphatic heterocycles. The summed E-state index contributed by atoms with van der Waals surface area (Å²) in [6.07, 6.45) is 1.65. The number of aromatic nitrogens is 2. The average Bonchev–Trinajstić information content (AvgIpc) is 2.77. The number of thiazole rings is 1. The molecule has 0 aliphatic rings. The minimum absolute atomic E-state index is 0.333. The predicted octanol–water partition coefficient (Wildman–Crippen LogP) is 2.81. The fourth-order valence-corrected chi connectivity index (χ4v) is 3.41. The number of hydrogen-bond donors (Lipinski definition) is 2. The van der Waals surface area contributed by atoms with Crippen LogP contribution in [-0.2, 0) is 4.79 Å². The highest BCUT2D eigenvalue weighted by Crippen LogP contribution is 2.31. The Morgan fingerprint density at radius 1 is 1.50 bits per heavy atom.